The summed E-state index contributed by atoms with van der Waals surface area (Å²) in [6.07, 6.45) is 1.80. The summed E-state index contributed by atoms with van der Waals surface area (Å²) in [5, 5.41) is 4.22. The lowest BCUT2D eigenvalue weighted by molar-refractivity contribution is 0.620. The van der Waals surface area contributed by atoms with Crippen LogP contribution in [0, 0.1) is 12.7 Å². The Morgan fingerprint density at radius 1 is 1.50 bits per heavy atom. The molecular weight excluding hydrogens is 229 g/mol. The molecule has 2 rings (SSSR count). The van der Waals surface area contributed by atoms with E-state index in [4.69, 9.17) is 17.3 Å². The summed E-state index contributed by atoms with van der Waals surface area (Å²) in [4.78, 5) is 0. The van der Waals surface area contributed by atoms with Crippen molar-refractivity contribution in [2.45, 2.75) is 13.5 Å². The number of halogens is 2. The predicted molar refractivity (Wildman–Crippen MR) is 61.9 cm³/mol. The second kappa shape index (κ2) is 4.14. The van der Waals surface area contributed by atoms with Crippen LogP contribution in [0.2, 0.25) is 5.02 Å². The van der Waals surface area contributed by atoms with Crippen LogP contribution in [0.5, 0.6) is 0 Å². The molecule has 0 aliphatic rings. The Morgan fingerprint density at radius 3 is 2.88 bits per heavy atom. The second-order valence-corrected chi connectivity index (χ2v) is 3.99. The van der Waals surface area contributed by atoms with Crippen molar-refractivity contribution >= 4 is 17.4 Å². The summed E-state index contributed by atoms with van der Waals surface area (Å²) in [6, 6.07) is 4.71. The smallest absolute Gasteiger partial charge is 0.148 e. The van der Waals surface area contributed by atoms with E-state index in [-0.39, 0.29) is 5.02 Å². The third kappa shape index (κ3) is 2.02. The van der Waals surface area contributed by atoms with Crippen molar-refractivity contribution in [1.29, 1.82) is 0 Å². The van der Waals surface area contributed by atoms with Crippen molar-refractivity contribution < 1.29 is 4.39 Å². The molecule has 0 amide bonds. The van der Waals surface area contributed by atoms with Crippen molar-refractivity contribution in [3.63, 3.8) is 0 Å². The molecule has 3 nitrogen and oxygen atoms in total. The number of hydrogen-bond donors (Lipinski definition) is 1. The SMILES string of the molecule is Cc1cn(Cc2cccc(F)c2Cl)nc1N. The Labute approximate surface area is 97.6 Å². The highest BCUT2D eigenvalue weighted by atomic mass is 35.5. The lowest BCUT2D eigenvalue weighted by atomic mass is 10.2. The quantitative estimate of drug-likeness (QED) is 0.876. The zero-order valence-electron chi connectivity index (χ0n) is 8.74. The van der Waals surface area contributed by atoms with Crippen LogP contribution in [0.25, 0.3) is 0 Å². The van der Waals surface area contributed by atoms with Gasteiger partial charge in [0.1, 0.15) is 11.6 Å². The van der Waals surface area contributed by atoms with Crippen LogP contribution in [0.4, 0.5) is 10.2 Å². The number of nitrogens with two attached hydrogens (primary N) is 1. The molecule has 0 fully saturated rings. The Bertz CT molecular complexity index is 502. The van der Waals surface area contributed by atoms with Gasteiger partial charge in [0.05, 0.1) is 11.6 Å². The highest BCUT2D eigenvalue weighted by molar-refractivity contribution is 6.31. The first-order valence-corrected chi connectivity index (χ1v) is 5.18. The molecule has 0 radical (unpaired) electrons. The zero-order chi connectivity index (χ0) is 11.7. The number of anilines is 1. The monoisotopic (exact) mass is 239 g/mol. The fourth-order valence-electron chi connectivity index (χ4n) is 1.46. The van der Waals surface area contributed by atoms with Crippen LogP contribution in [0.15, 0.2) is 24.4 Å². The van der Waals surface area contributed by atoms with Gasteiger partial charge in [0.15, 0.2) is 0 Å². The van der Waals surface area contributed by atoms with Crippen LogP contribution >= 0.6 is 11.6 Å². The van der Waals surface area contributed by atoms with Crippen LogP contribution in [0.1, 0.15) is 11.1 Å². The lowest BCUT2D eigenvalue weighted by Gasteiger charge is -2.04. The van der Waals surface area contributed by atoms with E-state index >= 15 is 0 Å². The number of benzene rings is 1. The molecule has 1 aromatic carbocycles. The number of rotatable bonds is 2. The molecule has 0 spiro atoms. The minimum Gasteiger partial charge on any atom is -0.382 e. The molecule has 0 aliphatic carbocycles. The van der Waals surface area contributed by atoms with Gasteiger partial charge in [0, 0.05) is 11.8 Å². The predicted octanol–water partition coefficient (Wildman–Crippen LogP) is 2.61. The first-order chi connectivity index (χ1) is 7.58. The summed E-state index contributed by atoms with van der Waals surface area (Å²) in [5.74, 6) is 0.0588. The Balaban J connectivity index is 2.30. The average Bonchev–Trinajstić information content (AvgIpc) is 2.54. The fourth-order valence-corrected chi connectivity index (χ4v) is 1.65. The molecule has 0 atom stereocenters. The molecule has 0 saturated heterocycles. The van der Waals surface area contributed by atoms with Crippen molar-refractivity contribution in [2.75, 3.05) is 5.73 Å². The summed E-state index contributed by atoms with van der Waals surface area (Å²) in [5.41, 5.74) is 7.20. The van der Waals surface area contributed by atoms with E-state index in [1.54, 1.807) is 23.0 Å². The van der Waals surface area contributed by atoms with Gasteiger partial charge < -0.3 is 5.73 Å². The van der Waals surface area contributed by atoms with Gasteiger partial charge in [-0.15, -0.1) is 0 Å². The fraction of sp³-hybridized carbons (Fsp3) is 0.182. The van der Waals surface area contributed by atoms with Gasteiger partial charge in [0.25, 0.3) is 0 Å². The van der Waals surface area contributed by atoms with Crippen LogP contribution in [0.3, 0.4) is 0 Å². The molecule has 2 N–H and O–H groups in total. The minimum absolute atomic E-state index is 0.134. The highest BCUT2D eigenvalue weighted by Crippen LogP contribution is 2.20. The standard InChI is InChI=1S/C11H11ClFN3/c1-7-5-16(15-11(7)14)6-8-3-2-4-9(13)10(8)12/h2-5H,6H2,1H3,(H2,14,15). The highest BCUT2D eigenvalue weighted by Gasteiger charge is 2.07. The Morgan fingerprint density at radius 2 is 2.25 bits per heavy atom. The largest absolute Gasteiger partial charge is 0.382 e. The third-order valence-corrected chi connectivity index (χ3v) is 2.77. The summed E-state index contributed by atoms with van der Waals surface area (Å²) >= 11 is 5.84. The molecule has 84 valence electrons. The normalized spacial score (nSPS) is 10.7. The van der Waals surface area contributed by atoms with Gasteiger partial charge >= 0.3 is 0 Å². The number of aryl methyl sites for hydroxylation is 1. The lowest BCUT2D eigenvalue weighted by Crippen LogP contribution is -2.02. The van der Waals surface area contributed by atoms with Gasteiger partial charge in [-0.05, 0) is 18.6 Å². The van der Waals surface area contributed by atoms with Crippen LogP contribution in [-0.4, -0.2) is 9.78 Å². The van der Waals surface area contributed by atoms with Gasteiger partial charge in [0.2, 0.25) is 0 Å². The van der Waals surface area contributed by atoms with E-state index < -0.39 is 5.82 Å². The summed E-state index contributed by atoms with van der Waals surface area (Å²) in [6.45, 7) is 2.28. The van der Waals surface area contributed by atoms with E-state index in [0.717, 1.165) is 5.56 Å². The number of hydrogen-bond acceptors (Lipinski definition) is 2. The molecule has 1 heterocycles. The molecule has 0 saturated carbocycles. The van der Waals surface area contributed by atoms with Crippen molar-refractivity contribution in [3.05, 3.63) is 46.4 Å². The van der Waals surface area contributed by atoms with E-state index in [0.29, 0.717) is 17.9 Å². The summed E-state index contributed by atoms with van der Waals surface area (Å²) < 4.78 is 14.8. The minimum atomic E-state index is -0.420. The van der Waals surface area contributed by atoms with Gasteiger partial charge in [-0.2, -0.15) is 5.10 Å². The Kier molecular flexibility index (Phi) is 2.83. The first kappa shape index (κ1) is 11.0. The molecule has 0 aliphatic heterocycles. The van der Waals surface area contributed by atoms with E-state index in [9.17, 15) is 4.39 Å². The number of aromatic nitrogens is 2. The van der Waals surface area contributed by atoms with Gasteiger partial charge in [-0.1, -0.05) is 23.7 Å². The van der Waals surface area contributed by atoms with Crippen LogP contribution < -0.4 is 5.73 Å². The Hall–Kier alpha value is -1.55. The maximum absolute atomic E-state index is 13.2. The molecular formula is C11H11ClFN3. The summed E-state index contributed by atoms with van der Waals surface area (Å²) in [7, 11) is 0. The molecule has 0 unspecified atom stereocenters. The molecule has 1 aromatic heterocycles. The van der Waals surface area contributed by atoms with E-state index in [1.807, 2.05) is 6.92 Å². The zero-order valence-corrected chi connectivity index (χ0v) is 9.50. The van der Waals surface area contributed by atoms with Crippen molar-refractivity contribution in [2.24, 2.45) is 0 Å². The molecule has 0 bridgehead atoms. The first-order valence-electron chi connectivity index (χ1n) is 4.80. The third-order valence-electron chi connectivity index (χ3n) is 2.35. The molecule has 5 heteroatoms. The van der Waals surface area contributed by atoms with Gasteiger partial charge in [-0.25, -0.2) is 4.39 Å². The van der Waals surface area contributed by atoms with E-state index in [2.05, 4.69) is 5.10 Å². The maximum atomic E-state index is 13.2. The van der Waals surface area contributed by atoms with Gasteiger partial charge in [-0.3, -0.25) is 4.68 Å². The maximum Gasteiger partial charge on any atom is 0.148 e. The van der Waals surface area contributed by atoms with Crippen LogP contribution in [-0.2, 0) is 6.54 Å². The van der Waals surface area contributed by atoms with Crippen molar-refractivity contribution in [3.8, 4) is 0 Å². The molecule has 16 heavy (non-hydrogen) atoms. The molecule has 2 aromatic rings. The second-order valence-electron chi connectivity index (χ2n) is 3.61. The van der Waals surface area contributed by atoms with Crippen molar-refractivity contribution in [1.82, 2.24) is 9.78 Å². The number of nitrogens with zero attached hydrogens (tertiary/aromatic N) is 2. The topological polar surface area (TPSA) is 43.8 Å². The number of nitrogen functional groups attached to an aromatic ring is 1. The van der Waals surface area contributed by atoms with E-state index in [1.165, 1.54) is 6.07 Å². The average molecular weight is 240 g/mol.